The lowest BCUT2D eigenvalue weighted by molar-refractivity contribution is -0.139. The first-order chi connectivity index (χ1) is 14.1. The van der Waals surface area contributed by atoms with E-state index in [1.807, 2.05) is 12.1 Å². The number of anilines is 2. The fourth-order valence-corrected chi connectivity index (χ4v) is 4.83. The zero-order valence-electron chi connectivity index (χ0n) is 17.1. The van der Waals surface area contributed by atoms with Crippen LogP contribution in [0.5, 0.6) is 0 Å². The number of carbonyl (C=O) groups is 2. The molecule has 1 aromatic heterocycles. The summed E-state index contributed by atoms with van der Waals surface area (Å²) in [5.41, 5.74) is 0.307. The molecule has 158 valence electrons. The van der Waals surface area contributed by atoms with Crippen LogP contribution < -0.4 is 10.2 Å². The molecular formula is C21H30N4O4. The van der Waals surface area contributed by atoms with Crippen LogP contribution in [0.4, 0.5) is 16.3 Å². The van der Waals surface area contributed by atoms with Crippen molar-refractivity contribution >= 4 is 23.5 Å². The van der Waals surface area contributed by atoms with E-state index in [2.05, 4.69) is 20.1 Å². The van der Waals surface area contributed by atoms with Gasteiger partial charge in [-0.05, 0) is 51.2 Å². The average Bonchev–Trinajstić information content (AvgIpc) is 3.05. The molecule has 3 saturated heterocycles. The topological polar surface area (TPSA) is 84.0 Å². The molecule has 1 atom stereocenters. The molecule has 0 radical (unpaired) electrons. The van der Waals surface area contributed by atoms with Gasteiger partial charge in [0.05, 0.1) is 23.9 Å². The number of carbonyl (C=O) groups excluding carboxylic acids is 2. The van der Waals surface area contributed by atoms with Crippen LogP contribution in [0.25, 0.3) is 0 Å². The minimum Gasteiger partial charge on any atom is -0.450 e. The van der Waals surface area contributed by atoms with E-state index in [1.165, 1.54) is 0 Å². The van der Waals surface area contributed by atoms with Gasteiger partial charge in [-0.1, -0.05) is 0 Å². The Morgan fingerprint density at radius 1 is 1.31 bits per heavy atom. The van der Waals surface area contributed by atoms with Crippen LogP contribution in [0.2, 0.25) is 0 Å². The van der Waals surface area contributed by atoms with Gasteiger partial charge in [-0.25, -0.2) is 9.78 Å². The molecule has 0 aromatic carbocycles. The number of nitrogens with one attached hydrogen (secondary N) is 1. The summed E-state index contributed by atoms with van der Waals surface area (Å²) in [7, 11) is 0. The first kappa shape index (κ1) is 19.9. The molecule has 0 bridgehead atoms. The Bertz CT molecular complexity index is 735. The molecule has 2 amide bonds. The van der Waals surface area contributed by atoms with Gasteiger partial charge in [0, 0.05) is 38.9 Å². The summed E-state index contributed by atoms with van der Waals surface area (Å²) in [5.74, 6) is 1.16. The first-order valence-corrected chi connectivity index (χ1v) is 10.6. The number of likely N-dealkylation sites (tertiary alicyclic amines) is 1. The van der Waals surface area contributed by atoms with E-state index in [0.717, 1.165) is 64.2 Å². The largest absolute Gasteiger partial charge is 0.450 e. The van der Waals surface area contributed by atoms with Crippen molar-refractivity contribution in [2.45, 2.75) is 45.1 Å². The molecule has 1 N–H and O–H groups in total. The number of aromatic nitrogens is 1. The summed E-state index contributed by atoms with van der Waals surface area (Å²) < 4.78 is 10.4. The fraction of sp³-hybridized carbons (Fsp3) is 0.667. The molecular weight excluding hydrogens is 372 g/mol. The smallest absolute Gasteiger partial charge is 0.411 e. The molecule has 0 aliphatic carbocycles. The molecule has 29 heavy (non-hydrogen) atoms. The van der Waals surface area contributed by atoms with E-state index in [9.17, 15) is 9.59 Å². The number of amides is 2. The Balaban J connectivity index is 1.41. The summed E-state index contributed by atoms with van der Waals surface area (Å²) in [5, 5.41) is 2.66. The van der Waals surface area contributed by atoms with Gasteiger partial charge in [0.15, 0.2) is 0 Å². The molecule has 0 saturated carbocycles. The van der Waals surface area contributed by atoms with Crippen LogP contribution >= 0.6 is 0 Å². The predicted molar refractivity (Wildman–Crippen MR) is 109 cm³/mol. The molecule has 4 rings (SSSR count). The number of hydrogen-bond donors (Lipinski definition) is 1. The minimum absolute atomic E-state index is 0.292. The van der Waals surface area contributed by atoms with Crippen LogP contribution in [-0.4, -0.2) is 67.4 Å². The molecule has 8 nitrogen and oxygen atoms in total. The van der Waals surface area contributed by atoms with Crippen LogP contribution in [-0.2, 0) is 14.3 Å². The van der Waals surface area contributed by atoms with Crippen molar-refractivity contribution in [2.24, 2.45) is 5.41 Å². The van der Waals surface area contributed by atoms with Crippen molar-refractivity contribution in [3.05, 3.63) is 18.3 Å². The van der Waals surface area contributed by atoms with Crippen molar-refractivity contribution in [3.63, 3.8) is 0 Å². The van der Waals surface area contributed by atoms with E-state index in [0.29, 0.717) is 30.8 Å². The van der Waals surface area contributed by atoms with E-state index >= 15 is 0 Å². The predicted octanol–water partition coefficient (Wildman–Crippen LogP) is 2.65. The monoisotopic (exact) mass is 402 g/mol. The summed E-state index contributed by atoms with van der Waals surface area (Å²) >= 11 is 0. The maximum atomic E-state index is 13.4. The Labute approximate surface area is 171 Å². The molecule has 1 spiro atoms. The van der Waals surface area contributed by atoms with Crippen molar-refractivity contribution in [1.29, 1.82) is 0 Å². The molecule has 4 heterocycles. The van der Waals surface area contributed by atoms with E-state index in [-0.39, 0.29) is 5.41 Å². The third-order valence-electron chi connectivity index (χ3n) is 6.35. The Morgan fingerprint density at radius 2 is 2.14 bits per heavy atom. The Morgan fingerprint density at radius 3 is 2.86 bits per heavy atom. The van der Waals surface area contributed by atoms with Gasteiger partial charge in [-0.3, -0.25) is 10.1 Å². The third kappa shape index (κ3) is 4.17. The van der Waals surface area contributed by atoms with Crippen molar-refractivity contribution in [3.8, 4) is 0 Å². The summed E-state index contributed by atoms with van der Waals surface area (Å²) in [6.07, 6.45) is 5.90. The Kier molecular flexibility index (Phi) is 5.89. The van der Waals surface area contributed by atoms with E-state index in [4.69, 9.17) is 9.47 Å². The lowest BCUT2D eigenvalue weighted by Gasteiger charge is -2.40. The van der Waals surface area contributed by atoms with Crippen LogP contribution in [0, 0.1) is 5.41 Å². The number of hydrogen-bond acceptors (Lipinski definition) is 6. The second-order valence-corrected chi connectivity index (χ2v) is 8.15. The SMILES string of the molecule is CCOC(=O)Nc1ccc(N2CCC[C@@]3(CCN(C4CCOCC4)C3=O)C2)nc1. The average molecular weight is 402 g/mol. The maximum absolute atomic E-state index is 13.4. The van der Waals surface area contributed by atoms with Crippen molar-refractivity contribution < 1.29 is 19.1 Å². The summed E-state index contributed by atoms with van der Waals surface area (Å²) in [4.78, 5) is 33.8. The fourth-order valence-electron chi connectivity index (χ4n) is 4.83. The number of ether oxygens (including phenoxy) is 2. The van der Waals surface area contributed by atoms with Gasteiger partial charge < -0.3 is 19.3 Å². The number of rotatable bonds is 4. The van der Waals surface area contributed by atoms with Gasteiger partial charge in [-0.2, -0.15) is 0 Å². The minimum atomic E-state index is -0.483. The molecule has 1 aromatic rings. The lowest BCUT2D eigenvalue weighted by Crippen LogP contribution is -2.50. The molecule has 0 unspecified atom stereocenters. The van der Waals surface area contributed by atoms with Crippen molar-refractivity contribution in [2.75, 3.05) is 49.7 Å². The number of pyridine rings is 1. The maximum Gasteiger partial charge on any atom is 0.411 e. The quantitative estimate of drug-likeness (QED) is 0.834. The second kappa shape index (κ2) is 8.57. The summed E-state index contributed by atoms with van der Waals surface area (Å²) in [6, 6.07) is 4.05. The molecule has 3 aliphatic rings. The lowest BCUT2D eigenvalue weighted by atomic mass is 9.78. The van der Waals surface area contributed by atoms with Gasteiger partial charge in [0.25, 0.3) is 0 Å². The highest BCUT2D eigenvalue weighted by Crippen LogP contribution is 2.42. The third-order valence-corrected chi connectivity index (χ3v) is 6.35. The highest BCUT2D eigenvalue weighted by molar-refractivity contribution is 5.86. The zero-order valence-corrected chi connectivity index (χ0v) is 17.1. The Hall–Kier alpha value is -2.35. The van der Waals surface area contributed by atoms with Crippen molar-refractivity contribution in [1.82, 2.24) is 9.88 Å². The van der Waals surface area contributed by atoms with Crippen LogP contribution in [0.1, 0.15) is 39.0 Å². The zero-order chi connectivity index (χ0) is 20.3. The van der Waals surface area contributed by atoms with Gasteiger partial charge >= 0.3 is 6.09 Å². The highest BCUT2D eigenvalue weighted by atomic mass is 16.5. The summed E-state index contributed by atoms with van der Waals surface area (Å²) in [6.45, 7) is 6.06. The van der Waals surface area contributed by atoms with Crippen LogP contribution in [0.3, 0.4) is 0 Å². The normalized spacial score (nSPS) is 25.5. The van der Waals surface area contributed by atoms with Gasteiger partial charge in [0.1, 0.15) is 5.82 Å². The standard InChI is InChI=1S/C21H30N4O4/c1-2-29-20(27)23-16-4-5-18(22-14-16)24-10-3-8-21(15-24)9-11-25(19(21)26)17-6-12-28-13-7-17/h4-5,14,17H,2-3,6-13,15H2,1H3,(H,23,27)/t21-/m1/s1. The molecule has 8 heteroatoms. The second-order valence-electron chi connectivity index (χ2n) is 8.15. The van der Waals surface area contributed by atoms with E-state index < -0.39 is 6.09 Å². The molecule has 3 aliphatic heterocycles. The van der Waals surface area contributed by atoms with Crippen LogP contribution in [0.15, 0.2) is 18.3 Å². The van der Waals surface area contributed by atoms with Gasteiger partial charge in [-0.15, -0.1) is 0 Å². The molecule has 3 fully saturated rings. The highest BCUT2D eigenvalue weighted by Gasteiger charge is 2.50. The van der Waals surface area contributed by atoms with Gasteiger partial charge in [0.2, 0.25) is 5.91 Å². The number of nitrogens with zero attached hydrogens (tertiary/aromatic N) is 3. The van der Waals surface area contributed by atoms with E-state index in [1.54, 1.807) is 13.1 Å². The first-order valence-electron chi connectivity index (χ1n) is 10.6. The number of piperidine rings is 1.